The maximum absolute atomic E-state index is 12.8. The molecule has 164 valence electrons. The molecule has 0 saturated heterocycles. The third-order valence-corrected chi connectivity index (χ3v) is 6.28. The third kappa shape index (κ3) is 3.62. The molecule has 2 N–H and O–H groups in total. The van der Waals surface area contributed by atoms with Crippen LogP contribution < -0.4 is 14.8 Å². The normalized spacial score (nSPS) is 12.4. The van der Waals surface area contributed by atoms with E-state index < -0.39 is 0 Å². The molecule has 0 unspecified atom stereocenters. The van der Waals surface area contributed by atoms with E-state index in [1.54, 1.807) is 4.68 Å². The molecule has 0 aliphatic carbocycles. The molecule has 5 aromatic rings. The number of rotatable bonds is 5. The molecule has 0 fully saturated rings. The molecule has 0 atom stereocenters. The summed E-state index contributed by atoms with van der Waals surface area (Å²) in [4.78, 5) is 20.8. The van der Waals surface area contributed by atoms with Crippen molar-refractivity contribution in [3.8, 4) is 27.9 Å². The van der Waals surface area contributed by atoms with Gasteiger partial charge in [-0.3, -0.25) is 4.79 Å². The largest absolute Gasteiger partial charge is 0.454 e. The van der Waals surface area contributed by atoms with Gasteiger partial charge in [0.15, 0.2) is 11.5 Å². The molecule has 1 amide bonds. The number of fused-ring (bicyclic) bond motifs is 2. The van der Waals surface area contributed by atoms with Gasteiger partial charge >= 0.3 is 0 Å². The molecular formula is C24H19N5O3S. The van der Waals surface area contributed by atoms with Crippen LogP contribution in [0, 0.1) is 6.92 Å². The minimum atomic E-state index is -0.117. The van der Waals surface area contributed by atoms with Gasteiger partial charge in [0.25, 0.3) is 0 Å². The van der Waals surface area contributed by atoms with Gasteiger partial charge in [-0.1, -0.05) is 18.2 Å². The van der Waals surface area contributed by atoms with Gasteiger partial charge in [0.2, 0.25) is 17.8 Å². The summed E-state index contributed by atoms with van der Waals surface area (Å²) in [6.45, 7) is 2.12. The Morgan fingerprint density at radius 2 is 2.06 bits per heavy atom. The number of aromatic nitrogens is 4. The molecule has 33 heavy (non-hydrogen) atoms. The number of carbonyl (C=O) groups is 1. The monoisotopic (exact) mass is 457 g/mol. The van der Waals surface area contributed by atoms with Crippen molar-refractivity contribution in [3.63, 3.8) is 0 Å². The zero-order chi connectivity index (χ0) is 22.4. The van der Waals surface area contributed by atoms with Crippen LogP contribution in [0.25, 0.3) is 27.3 Å². The number of H-pyrrole nitrogens is 1. The van der Waals surface area contributed by atoms with Crippen LogP contribution in [0.2, 0.25) is 0 Å². The molecule has 9 heteroatoms. The number of aromatic amines is 1. The van der Waals surface area contributed by atoms with E-state index in [0.717, 1.165) is 39.2 Å². The zero-order valence-corrected chi connectivity index (χ0v) is 18.5. The van der Waals surface area contributed by atoms with E-state index >= 15 is 0 Å². The van der Waals surface area contributed by atoms with E-state index in [0.29, 0.717) is 16.7 Å². The van der Waals surface area contributed by atoms with Crippen LogP contribution >= 0.6 is 11.3 Å². The fourth-order valence-corrected chi connectivity index (χ4v) is 4.72. The van der Waals surface area contributed by atoms with Gasteiger partial charge in [0.05, 0.1) is 17.8 Å². The summed E-state index contributed by atoms with van der Waals surface area (Å²) in [6, 6.07) is 15.5. The fraction of sp³-hybridized carbons (Fsp3) is 0.125. The Balaban J connectivity index is 1.24. The molecule has 2 aromatic carbocycles. The number of anilines is 1. The summed E-state index contributed by atoms with van der Waals surface area (Å²) in [5.41, 5.74) is 4.48. The van der Waals surface area contributed by atoms with Crippen molar-refractivity contribution in [3.05, 3.63) is 71.4 Å². The molecule has 6 rings (SSSR count). The number of hydrogen-bond acceptors (Lipinski definition) is 6. The van der Waals surface area contributed by atoms with Gasteiger partial charge in [-0.2, -0.15) is 9.78 Å². The highest BCUT2D eigenvalue weighted by Crippen LogP contribution is 2.36. The molecular weight excluding hydrogens is 438 g/mol. The number of nitrogens with one attached hydrogen (secondary N) is 2. The van der Waals surface area contributed by atoms with E-state index in [2.05, 4.69) is 15.4 Å². The first-order chi connectivity index (χ1) is 16.1. The smallest absolute Gasteiger partial charge is 0.231 e. The summed E-state index contributed by atoms with van der Waals surface area (Å²) in [5.74, 6) is 1.91. The number of para-hydroxylation sites is 1. The molecule has 0 bridgehead atoms. The molecule has 0 radical (unpaired) electrons. The van der Waals surface area contributed by atoms with Crippen molar-refractivity contribution in [2.45, 2.75) is 13.3 Å². The number of hydrogen-bond donors (Lipinski definition) is 2. The van der Waals surface area contributed by atoms with Crippen molar-refractivity contribution >= 4 is 34.0 Å². The zero-order valence-electron chi connectivity index (χ0n) is 17.7. The number of amides is 1. The number of benzene rings is 2. The van der Waals surface area contributed by atoms with E-state index in [4.69, 9.17) is 14.5 Å². The summed E-state index contributed by atoms with van der Waals surface area (Å²) in [7, 11) is 0. The highest BCUT2D eigenvalue weighted by Gasteiger charge is 2.18. The Morgan fingerprint density at radius 1 is 1.18 bits per heavy atom. The number of carbonyl (C=O) groups excluding carboxylic acids is 1. The first kappa shape index (κ1) is 19.6. The van der Waals surface area contributed by atoms with Crippen LogP contribution in [0.5, 0.6) is 11.5 Å². The lowest BCUT2D eigenvalue weighted by Gasteiger charge is -2.06. The van der Waals surface area contributed by atoms with E-state index in [1.807, 2.05) is 67.0 Å². The van der Waals surface area contributed by atoms with Crippen LogP contribution in [-0.2, 0) is 11.2 Å². The minimum Gasteiger partial charge on any atom is -0.454 e. The first-order valence-corrected chi connectivity index (χ1v) is 11.3. The molecule has 0 spiro atoms. The van der Waals surface area contributed by atoms with Crippen molar-refractivity contribution in [1.29, 1.82) is 0 Å². The van der Waals surface area contributed by atoms with Crippen molar-refractivity contribution in [2.75, 3.05) is 12.1 Å². The van der Waals surface area contributed by atoms with Gasteiger partial charge in [-0.05, 0) is 36.8 Å². The van der Waals surface area contributed by atoms with Crippen LogP contribution in [0.1, 0.15) is 11.3 Å². The highest BCUT2D eigenvalue weighted by molar-refractivity contribution is 7.12. The van der Waals surface area contributed by atoms with Gasteiger partial charge in [0.1, 0.15) is 5.82 Å². The molecule has 3 aromatic heterocycles. The second kappa shape index (κ2) is 7.79. The van der Waals surface area contributed by atoms with Gasteiger partial charge in [0, 0.05) is 34.1 Å². The SMILES string of the molecule is Cc1cc(NC(=O)Cc2c[nH]c3ccccc23)n(-c2nc(-c3ccc4c(c3)OCO4)cs2)n1. The predicted molar refractivity (Wildman–Crippen MR) is 126 cm³/mol. The number of thiazole rings is 1. The second-order valence-electron chi connectivity index (χ2n) is 7.75. The van der Waals surface area contributed by atoms with Crippen LogP contribution in [0.15, 0.2) is 60.1 Å². The summed E-state index contributed by atoms with van der Waals surface area (Å²) in [6.07, 6.45) is 2.14. The molecule has 4 heterocycles. The Labute approximate surface area is 192 Å². The van der Waals surface area contributed by atoms with Gasteiger partial charge in [-0.15, -0.1) is 11.3 Å². The maximum atomic E-state index is 12.8. The highest BCUT2D eigenvalue weighted by atomic mass is 32.1. The Hall–Kier alpha value is -4.11. The predicted octanol–water partition coefficient (Wildman–Crippen LogP) is 4.70. The van der Waals surface area contributed by atoms with Crippen LogP contribution in [-0.4, -0.2) is 32.4 Å². The lowest BCUT2D eigenvalue weighted by Crippen LogP contribution is -2.17. The summed E-state index contributed by atoms with van der Waals surface area (Å²) >= 11 is 1.45. The van der Waals surface area contributed by atoms with E-state index in [-0.39, 0.29) is 19.1 Å². The first-order valence-electron chi connectivity index (χ1n) is 10.4. The van der Waals surface area contributed by atoms with Gasteiger partial charge in [-0.25, -0.2) is 4.98 Å². The summed E-state index contributed by atoms with van der Waals surface area (Å²) < 4.78 is 12.5. The fourth-order valence-electron chi connectivity index (χ4n) is 3.92. The topological polar surface area (TPSA) is 94.1 Å². The van der Waals surface area contributed by atoms with Crippen LogP contribution in [0.3, 0.4) is 0 Å². The second-order valence-corrected chi connectivity index (χ2v) is 8.59. The average Bonchev–Trinajstić information content (AvgIpc) is 3.60. The lowest BCUT2D eigenvalue weighted by atomic mass is 10.1. The summed E-state index contributed by atoms with van der Waals surface area (Å²) in [5, 5.41) is 11.2. The van der Waals surface area contributed by atoms with Crippen molar-refractivity contribution in [2.24, 2.45) is 0 Å². The molecule has 1 aliphatic rings. The number of nitrogens with zero attached hydrogens (tertiary/aromatic N) is 3. The Kier molecular flexibility index (Phi) is 4.62. The van der Waals surface area contributed by atoms with E-state index in [1.165, 1.54) is 11.3 Å². The number of aryl methyl sites for hydroxylation is 1. The van der Waals surface area contributed by atoms with Crippen LogP contribution in [0.4, 0.5) is 5.82 Å². The average molecular weight is 458 g/mol. The standard InChI is InChI=1S/C24H19N5O3S/c1-14-8-22(27-23(30)10-16-11-25-18-5-3-2-4-17(16)18)29(28-14)24-26-19(12-33-24)15-6-7-20-21(9-15)32-13-31-20/h2-9,11-12,25H,10,13H2,1H3,(H,27,30). The Bertz CT molecular complexity index is 1500. The van der Waals surface area contributed by atoms with Crippen molar-refractivity contribution in [1.82, 2.24) is 19.7 Å². The van der Waals surface area contributed by atoms with Crippen molar-refractivity contribution < 1.29 is 14.3 Å². The van der Waals surface area contributed by atoms with Gasteiger partial charge < -0.3 is 19.8 Å². The third-order valence-electron chi connectivity index (χ3n) is 5.47. The lowest BCUT2D eigenvalue weighted by molar-refractivity contribution is -0.115. The molecule has 8 nitrogen and oxygen atoms in total. The maximum Gasteiger partial charge on any atom is 0.231 e. The quantitative estimate of drug-likeness (QED) is 0.399. The molecule has 0 saturated carbocycles. The number of ether oxygens (including phenoxy) is 2. The minimum absolute atomic E-state index is 0.117. The molecule has 1 aliphatic heterocycles. The van der Waals surface area contributed by atoms with E-state index in [9.17, 15) is 4.79 Å². The Morgan fingerprint density at radius 3 is 3.00 bits per heavy atom.